The third kappa shape index (κ3) is 3.71. The van der Waals surface area contributed by atoms with Gasteiger partial charge in [0.1, 0.15) is 0 Å². The lowest BCUT2D eigenvalue weighted by Crippen LogP contribution is -2.11. The van der Waals surface area contributed by atoms with Gasteiger partial charge in [-0.25, -0.2) is 9.78 Å². The molecular weight excluding hydrogens is 194 g/mol. The molecule has 0 fully saturated rings. The zero-order chi connectivity index (χ0) is 11.3. The highest BCUT2D eigenvalue weighted by Crippen LogP contribution is 2.01. The fraction of sp³-hybridized carbons (Fsp3) is 0.600. The van der Waals surface area contributed by atoms with E-state index in [0.717, 1.165) is 0 Å². The second kappa shape index (κ2) is 5.50. The van der Waals surface area contributed by atoms with Gasteiger partial charge in [-0.05, 0) is 5.92 Å². The van der Waals surface area contributed by atoms with Crippen molar-refractivity contribution in [1.82, 2.24) is 9.55 Å². The number of carbonyl (C=O) groups is 1. The third-order valence-electron chi connectivity index (χ3n) is 1.78. The molecule has 84 valence electrons. The van der Waals surface area contributed by atoms with E-state index in [-0.39, 0.29) is 5.97 Å². The normalized spacial score (nSPS) is 10.7. The Morgan fingerprint density at radius 2 is 2.40 bits per heavy atom. The van der Waals surface area contributed by atoms with Crippen molar-refractivity contribution in [2.45, 2.75) is 20.4 Å². The number of nitrogens with two attached hydrogens (primary N) is 1. The van der Waals surface area contributed by atoms with E-state index in [4.69, 9.17) is 10.5 Å². The van der Waals surface area contributed by atoms with E-state index in [1.165, 1.54) is 0 Å². The molecule has 0 aliphatic rings. The SMILES string of the molecule is CC(C)COC(=O)c1cn(CCN)cn1. The van der Waals surface area contributed by atoms with Gasteiger partial charge in [0.25, 0.3) is 0 Å². The van der Waals surface area contributed by atoms with Crippen LogP contribution in [-0.4, -0.2) is 28.7 Å². The van der Waals surface area contributed by atoms with Crippen LogP contribution in [0.3, 0.4) is 0 Å². The summed E-state index contributed by atoms with van der Waals surface area (Å²) in [6.45, 7) is 5.57. The van der Waals surface area contributed by atoms with Gasteiger partial charge in [0.2, 0.25) is 0 Å². The maximum atomic E-state index is 11.4. The predicted octanol–water partition coefficient (Wildman–Crippen LogP) is 0.655. The van der Waals surface area contributed by atoms with Crippen molar-refractivity contribution in [1.29, 1.82) is 0 Å². The Bertz CT molecular complexity index is 320. The van der Waals surface area contributed by atoms with Crippen LogP contribution >= 0.6 is 0 Å². The van der Waals surface area contributed by atoms with Crippen LogP contribution in [0.5, 0.6) is 0 Å². The lowest BCUT2D eigenvalue weighted by Gasteiger charge is -2.04. The molecule has 0 radical (unpaired) electrons. The maximum Gasteiger partial charge on any atom is 0.358 e. The van der Waals surface area contributed by atoms with Crippen molar-refractivity contribution >= 4 is 5.97 Å². The number of aromatic nitrogens is 2. The van der Waals surface area contributed by atoms with E-state index in [9.17, 15) is 4.79 Å². The lowest BCUT2D eigenvalue weighted by atomic mass is 10.2. The number of ether oxygens (including phenoxy) is 1. The fourth-order valence-corrected chi connectivity index (χ4v) is 1.05. The number of nitrogens with zero attached hydrogens (tertiary/aromatic N) is 2. The zero-order valence-electron chi connectivity index (χ0n) is 9.14. The van der Waals surface area contributed by atoms with E-state index < -0.39 is 0 Å². The largest absolute Gasteiger partial charge is 0.461 e. The molecule has 5 heteroatoms. The monoisotopic (exact) mass is 211 g/mol. The van der Waals surface area contributed by atoms with E-state index in [0.29, 0.717) is 31.3 Å². The van der Waals surface area contributed by atoms with Gasteiger partial charge < -0.3 is 15.0 Å². The molecule has 0 spiro atoms. The number of rotatable bonds is 5. The lowest BCUT2D eigenvalue weighted by molar-refractivity contribution is 0.0452. The average Bonchev–Trinajstić information content (AvgIpc) is 2.63. The Balaban J connectivity index is 2.50. The smallest absolute Gasteiger partial charge is 0.358 e. The first kappa shape index (κ1) is 11.7. The van der Waals surface area contributed by atoms with Crippen LogP contribution in [0.2, 0.25) is 0 Å². The van der Waals surface area contributed by atoms with Crippen molar-refractivity contribution in [2.75, 3.05) is 13.2 Å². The van der Waals surface area contributed by atoms with Crippen LogP contribution in [0.1, 0.15) is 24.3 Å². The van der Waals surface area contributed by atoms with E-state index in [2.05, 4.69) is 4.98 Å². The van der Waals surface area contributed by atoms with Crippen molar-refractivity contribution < 1.29 is 9.53 Å². The van der Waals surface area contributed by atoms with Crippen molar-refractivity contribution in [3.05, 3.63) is 18.2 Å². The summed E-state index contributed by atoms with van der Waals surface area (Å²) in [5.41, 5.74) is 5.72. The molecule has 0 aliphatic heterocycles. The molecule has 0 amide bonds. The van der Waals surface area contributed by atoms with Gasteiger partial charge in [-0.2, -0.15) is 0 Å². The number of imidazole rings is 1. The summed E-state index contributed by atoms with van der Waals surface area (Å²) in [5, 5.41) is 0. The summed E-state index contributed by atoms with van der Waals surface area (Å²) < 4.78 is 6.80. The molecule has 1 heterocycles. The molecular formula is C10H17N3O2. The van der Waals surface area contributed by atoms with Crippen LogP contribution in [0.25, 0.3) is 0 Å². The second-order valence-corrected chi connectivity index (χ2v) is 3.78. The first-order valence-corrected chi connectivity index (χ1v) is 5.02. The molecule has 0 aliphatic carbocycles. The summed E-state index contributed by atoms with van der Waals surface area (Å²) in [5.74, 6) is -0.0421. The minimum absolute atomic E-state index is 0.333. The topological polar surface area (TPSA) is 70.1 Å². The number of carbonyl (C=O) groups excluding carboxylic acids is 1. The van der Waals surface area contributed by atoms with Crippen molar-refractivity contribution in [2.24, 2.45) is 11.7 Å². The molecule has 1 aromatic heterocycles. The van der Waals surface area contributed by atoms with Crippen molar-refractivity contribution in [3.8, 4) is 0 Å². The zero-order valence-corrected chi connectivity index (χ0v) is 9.14. The highest BCUT2D eigenvalue weighted by atomic mass is 16.5. The summed E-state index contributed by atoms with van der Waals surface area (Å²) in [6.07, 6.45) is 3.23. The first-order valence-electron chi connectivity index (χ1n) is 5.02. The Hall–Kier alpha value is -1.36. The number of hydrogen-bond donors (Lipinski definition) is 1. The molecule has 15 heavy (non-hydrogen) atoms. The molecule has 0 saturated carbocycles. The third-order valence-corrected chi connectivity index (χ3v) is 1.78. The second-order valence-electron chi connectivity index (χ2n) is 3.78. The van der Waals surface area contributed by atoms with Gasteiger partial charge >= 0.3 is 5.97 Å². The minimum atomic E-state index is -0.375. The molecule has 0 aromatic carbocycles. The predicted molar refractivity (Wildman–Crippen MR) is 56.4 cm³/mol. The van der Waals surface area contributed by atoms with E-state index >= 15 is 0 Å². The molecule has 0 saturated heterocycles. The molecule has 0 unspecified atom stereocenters. The van der Waals surface area contributed by atoms with Gasteiger partial charge in [0, 0.05) is 19.3 Å². The fourth-order valence-electron chi connectivity index (χ4n) is 1.05. The quantitative estimate of drug-likeness (QED) is 0.726. The standard InChI is InChI=1S/C10H17N3O2/c1-8(2)6-15-10(14)9-5-13(4-3-11)7-12-9/h5,7-8H,3-4,6,11H2,1-2H3. The van der Waals surface area contributed by atoms with E-state index in [1.807, 2.05) is 13.8 Å². The average molecular weight is 211 g/mol. The highest BCUT2D eigenvalue weighted by Gasteiger charge is 2.11. The van der Waals surface area contributed by atoms with Crippen LogP contribution in [-0.2, 0) is 11.3 Å². The molecule has 5 nitrogen and oxygen atoms in total. The Morgan fingerprint density at radius 3 is 3.00 bits per heavy atom. The van der Waals surface area contributed by atoms with Gasteiger partial charge in [-0.1, -0.05) is 13.8 Å². The molecule has 2 N–H and O–H groups in total. The molecule has 0 bridgehead atoms. The van der Waals surface area contributed by atoms with E-state index in [1.54, 1.807) is 17.1 Å². The number of esters is 1. The summed E-state index contributed by atoms with van der Waals surface area (Å²) in [4.78, 5) is 15.4. The summed E-state index contributed by atoms with van der Waals surface area (Å²) in [6, 6.07) is 0. The van der Waals surface area contributed by atoms with Crippen LogP contribution in [0.15, 0.2) is 12.5 Å². The van der Waals surface area contributed by atoms with Gasteiger partial charge in [-0.3, -0.25) is 0 Å². The van der Waals surface area contributed by atoms with Crippen LogP contribution in [0.4, 0.5) is 0 Å². The number of hydrogen-bond acceptors (Lipinski definition) is 4. The Morgan fingerprint density at radius 1 is 1.67 bits per heavy atom. The van der Waals surface area contributed by atoms with Crippen molar-refractivity contribution in [3.63, 3.8) is 0 Å². The molecule has 0 atom stereocenters. The van der Waals surface area contributed by atoms with Crippen LogP contribution < -0.4 is 5.73 Å². The maximum absolute atomic E-state index is 11.4. The first-order chi connectivity index (χ1) is 7.13. The van der Waals surface area contributed by atoms with Gasteiger partial charge in [0.05, 0.1) is 12.9 Å². The minimum Gasteiger partial charge on any atom is -0.461 e. The molecule has 1 rings (SSSR count). The van der Waals surface area contributed by atoms with Gasteiger partial charge in [-0.15, -0.1) is 0 Å². The van der Waals surface area contributed by atoms with Crippen LogP contribution in [0, 0.1) is 5.92 Å². The summed E-state index contributed by atoms with van der Waals surface area (Å²) >= 11 is 0. The highest BCUT2D eigenvalue weighted by molar-refractivity contribution is 5.86. The summed E-state index contributed by atoms with van der Waals surface area (Å²) in [7, 11) is 0. The Kier molecular flexibility index (Phi) is 4.30. The molecule has 1 aromatic rings. The van der Waals surface area contributed by atoms with Gasteiger partial charge in [0.15, 0.2) is 5.69 Å². The Labute approximate surface area is 89.2 Å².